The highest BCUT2D eigenvalue weighted by atomic mass is 19.1. The average molecular weight is 583 g/mol. The second-order valence-corrected chi connectivity index (χ2v) is 11.0. The lowest BCUT2D eigenvalue weighted by Crippen LogP contribution is -2.35. The van der Waals surface area contributed by atoms with Crippen LogP contribution in [0, 0.1) is 12.7 Å². The maximum atomic E-state index is 14.3. The van der Waals surface area contributed by atoms with Crippen LogP contribution in [-0.4, -0.2) is 57.8 Å². The summed E-state index contributed by atoms with van der Waals surface area (Å²) in [4.78, 5) is 15.6. The molecule has 1 N–H and O–H groups in total. The van der Waals surface area contributed by atoms with Gasteiger partial charge in [-0.1, -0.05) is 30.3 Å². The highest BCUT2D eigenvalue weighted by Gasteiger charge is 2.21. The fraction of sp³-hybridized carbons (Fsp3) is 0.306. The third kappa shape index (κ3) is 7.17. The molecule has 1 aliphatic heterocycles. The molecular formula is C36H39FN2O4. The third-order valence-corrected chi connectivity index (χ3v) is 8.10. The van der Waals surface area contributed by atoms with E-state index >= 15 is 0 Å². The molecule has 0 saturated carbocycles. The molecule has 224 valence electrons. The van der Waals surface area contributed by atoms with Crippen LogP contribution < -0.4 is 19.5 Å². The normalized spacial score (nSPS) is 13.9. The highest BCUT2D eigenvalue weighted by molar-refractivity contribution is 5.96. The predicted octanol–water partition coefficient (Wildman–Crippen LogP) is 6.93. The number of likely N-dealkylation sites (tertiary alicyclic amines) is 1. The largest absolute Gasteiger partial charge is 0.497 e. The quantitative estimate of drug-likeness (QED) is 0.220. The standard InChI is InChI=1S/C36H39FN2O4/c1-24-33(43-30-16-19-39(2)20-17-30)13-11-25(35(24)27-8-5-9-29(37)21-27)15-18-38-36(40)28-12-14-34(42-4)32(23-28)26-7-6-10-31(22-26)41-3/h5-14,21-23,30H,15-20H2,1-4H3,(H,38,40). The van der Waals surface area contributed by atoms with Gasteiger partial charge in [0.15, 0.2) is 0 Å². The molecule has 1 saturated heterocycles. The molecule has 1 amide bonds. The fourth-order valence-electron chi connectivity index (χ4n) is 5.69. The molecule has 0 aliphatic carbocycles. The smallest absolute Gasteiger partial charge is 0.251 e. The number of piperidine rings is 1. The number of halogens is 1. The first-order valence-corrected chi connectivity index (χ1v) is 14.7. The van der Waals surface area contributed by atoms with E-state index in [9.17, 15) is 9.18 Å². The van der Waals surface area contributed by atoms with E-state index in [0.717, 1.165) is 70.8 Å². The van der Waals surface area contributed by atoms with Gasteiger partial charge >= 0.3 is 0 Å². The molecule has 4 aromatic rings. The molecule has 1 aliphatic rings. The summed E-state index contributed by atoms with van der Waals surface area (Å²) in [5.74, 6) is 1.75. The molecule has 4 aromatic carbocycles. The number of carbonyl (C=O) groups excluding carboxylic acids is 1. The Morgan fingerprint density at radius 3 is 2.40 bits per heavy atom. The van der Waals surface area contributed by atoms with Crippen LogP contribution in [0.2, 0.25) is 0 Å². The molecule has 43 heavy (non-hydrogen) atoms. The van der Waals surface area contributed by atoms with E-state index in [-0.39, 0.29) is 17.8 Å². The lowest BCUT2D eigenvalue weighted by atomic mass is 9.92. The van der Waals surface area contributed by atoms with Crippen molar-refractivity contribution >= 4 is 5.91 Å². The molecule has 0 atom stereocenters. The van der Waals surface area contributed by atoms with E-state index in [1.165, 1.54) is 6.07 Å². The van der Waals surface area contributed by atoms with Crippen LogP contribution in [0.3, 0.4) is 0 Å². The molecule has 6 nitrogen and oxygen atoms in total. The van der Waals surface area contributed by atoms with Gasteiger partial charge in [0.25, 0.3) is 5.91 Å². The van der Waals surface area contributed by atoms with Crippen molar-refractivity contribution in [3.8, 4) is 39.5 Å². The van der Waals surface area contributed by atoms with Crippen LogP contribution in [0.25, 0.3) is 22.3 Å². The predicted molar refractivity (Wildman–Crippen MR) is 169 cm³/mol. The molecule has 7 heteroatoms. The number of nitrogens with zero attached hydrogens (tertiary/aromatic N) is 1. The van der Waals surface area contributed by atoms with Crippen molar-refractivity contribution in [3.63, 3.8) is 0 Å². The van der Waals surface area contributed by atoms with Crippen molar-refractivity contribution in [3.05, 3.63) is 101 Å². The number of amides is 1. The fourth-order valence-corrected chi connectivity index (χ4v) is 5.69. The lowest BCUT2D eigenvalue weighted by Gasteiger charge is -2.30. The summed E-state index contributed by atoms with van der Waals surface area (Å²) in [5.41, 5.74) is 5.97. The first-order valence-electron chi connectivity index (χ1n) is 14.7. The summed E-state index contributed by atoms with van der Waals surface area (Å²) >= 11 is 0. The molecule has 0 radical (unpaired) electrons. The van der Waals surface area contributed by atoms with Crippen molar-refractivity contribution in [2.45, 2.75) is 32.3 Å². The van der Waals surface area contributed by atoms with E-state index in [1.807, 2.05) is 55.5 Å². The molecule has 0 spiro atoms. The Hall–Kier alpha value is -4.36. The number of rotatable bonds is 10. The Kier molecular flexibility index (Phi) is 9.62. The van der Waals surface area contributed by atoms with Crippen molar-refractivity contribution in [2.24, 2.45) is 0 Å². The number of carbonyl (C=O) groups is 1. The Balaban J connectivity index is 1.35. The van der Waals surface area contributed by atoms with Gasteiger partial charge in [0.2, 0.25) is 0 Å². The molecule has 1 heterocycles. The van der Waals surface area contributed by atoms with Gasteiger partial charge in [-0.3, -0.25) is 4.79 Å². The summed E-state index contributed by atoms with van der Waals surface area (Å²) in [5, 5.41) is 3.07. The number of nitrogens with one attached hydrogen (secondary N) is 1. The minimum Gasteiger partial charge on any atom is -0.497 e. The number of methoxy groups -OCH3 is 2. The van der Waals surface area contributed by atoms with Crippen molar-refractivity contribution in [1.82, 2.24) is 10.2 Å². The lowest BCUT2D eigenvalue weighted by molar-refractivity contribution is 0.0954. The maximum absolute atomic E-state index is 14.3. The Labute approximate surface area is 253 Å². The zero-order chi connectivity index (χ0) is 30.3. The minimum absolute atomic E-state index is 0.159. The average Bonchev–Trinajstić information content (AvgIpc) is 3.03. The van der Waals surface area contributed by atoms with Gasteiger partial charge in [-0.05, 0) is 110 Å². The molecule has 0 aromatic heterocycles. The van der Waals surface area contributed by atoms with Gasteiger partial charge < -0.3 is 24.4 Å². The summed E-state index contributed by atoms with van der Waals surface area (Å²) in [6, 6.07) is 23.8. The molecular weight excluding hydrogens is 543 g/mol. The number of hydrogen-bond donors (Lipinski definition) is 1. The monoisotopic (exact) mass is 582 g/mol. The zero-order valence-electron chi connectivity index (χ0n) is 25.3. The third-order valence-electron chi connectivity index (χ3n) is 8.10. The van der Waals surface area contributed by atoms with Crippen LogP contribution in [0.5, 0.6) is 17.2 Å². The van der Waals surface area contributed by atoms with Gasteiger partial charge in [0.1, 0.15) is 29.2 Å². The number of ether oxygens (including phenoxy) is 3. The summed E-state index contributed by atoms with van der Waals surface area (Å²) in [6.07, 6.45) is 2.69. The second kappa shape index (κ2) is 13.7. The van der Waals surface area contributed by atoms with Crippen LogP contribution in [0.1, 0.15) is 34.3 Å². The summed E-state index contributed by atoms with van der Waals surface area (Å²) in [6.45, 7) is 4.46. The number of hydrogen-bond acceptors (Lipinski definition) is 5. The first-order chi connectivity index (χ1) is 20.9. The first kappa shape index (κ1) is 30.1. The van der Waals surface area contributed by atoms with E-state index in [2.05, 4.69) is 17.3 Å². The van der Waals surface area contributed by atoms with E-state index in [4.69, 9.17) is 14.2 Å². The van der Waals surface area contributed by atoms with Gasteiger partial charge in [-0.15, -0.1) is 0 Å². The topological polar surface area (TPSA) is 60.0 Å². The van der Waals surface area contributed by atoms with Gasteiger partial charge in [-0.2, -0.15) is 0 Å². The Bertz CT molecular complexity index is 1580. The van der Waals surface area contributed by atoms with Crippen molar-refractivity contribution in [2.75, 3.05) is 40.9 Å². The van der Waals surface area contributed by atoms with Crippen LogP contribution in [0.15, 0.2) is 78.9 Å². The van der Waals surface area contributed by atoms with Gasteiger partial charge in [-0.25, -0.2) is 4.39 Å². The van der Waals surface area contributed by atoms with E-state index in [0.29, 0.717) is 24.3 Å². The molecule has 0 bridgehead atoms. The SMILES string of the molecule is COc1cccc(-c2cc(C(=O)NCCc3ccc(OC4CCN(C)CC4)c(C)c3-c3cccc(F)c3)ccc2OC)c1. The van der Waals surface area contributed by atoms with Gasteiger partial charge in [0, 0.05) is 30.8 Å². The molecule has 1 fully saturated rings. The van der Waals surface area contributed by atoms with Gasteiger partial charge in [0.05, 0.1) is 14.2 Å². The van der Waals surface area contributed by atoms with Crippen molar-refractivity contribution < 1.29 is 23.4 Å². The van der Waals surface area contributed by atoms with Crippen LogP contribution in [0.4, 0.5) is 4.39 Å². The number of benzene rings is 4. The Morgan fingerprint density at radius 1 is 0.907 bits per heavy atom. The van der Waals surface area contributed by atoms with E-state index < -0.39 is 0 Å². The molecule has 5 rings (SSSR count). The van der Waals surface area contributed by atoms with Crippen molar-refractivity contribution in [1.29, 1.82) is 0 Å². The highest BCUT2D eigenvalue weighted by Crippen LogP contribution is 2.36. The summed E-state index contributed by atoms with van der Waals surface area (Å²) < 4.78 is 31.7. The van der Waals surface area contributed by atoms with Crippen LogP contribution >= 0.6 is 0 Å². The molecule has 0 unspecified atom stereocenters. The van der Waals surface area contributed by atoms with Crippen LogP contribution in [-0.2, 0) is 6.42 Å². The minimum atomic E-state index is -0.288. The maximum Gasteiger partial charge on any atom is 0.251 e. The Morgan fingerprint density at radius 2 is 1.65 bits per heavy atom. The summed E-state index contributed by atoms with van der Waals surface area (Å²) in [7, 11) is 5.37. The second-order valence-electron chi connectivity index (χ2n) is 11.0. The van der Waals surface area contributed by atoms with E-state index in [1.54, 1.807) is 38.5 Å². The zero-order valence-corrected chi connectivity index (χ0v) is 25.3.